The second-order valence-electron chi connectivity index (χ2n) is 5.68. The van der Waals surface area contributed by atoms with Gasteiger partial charge in [-0.2, -0.15) is 0 Å². The Hall–Kier alpha value is -2.51. The van der Waals surface area contributed by atoms with Gasteiger partial charge < -0.3 is 10.6 Å². The van der Waals surface area contributed by atoms with Gasteiger partial charge in [0.1, 0.15) is 0 Å². The topological polar surface area (TPSA) is 71.1 Å². The van der Waals surface area contributed by atoms with Crippen LogP contribution >= 0.6 is 22.7 Å². The largest absolute Gasteiger partial charge is 0.351 e. The number of aryl methyl sites for hydroxylation is 1. The highest BCUT2D eigenvalue weighted by Crippen LogP contribution is 2.32. The smallest absolute Gasteiger partial charge is 0.261 e. The molecular weight excluding hydrogens is 366 g/mol. The van der Waals surface area contributed by atoms with E-state index in [1.165, 1.54) is 22.7 Å². The lowest BCUT2D eigenvalue weighted by atomic mass is 10.2. The first-order valence-electron chi connectivity index (χ1n) is 8.28. The predicted octanol–water partition coefficient (Wildman–Crippen LogP) is 4.33. The molecule has 0 spiro atoms. The van der Waals surface area contributed by atoms with Gasteiger partial charge in [-0.3, -0.25) is 9.59 Å². The van der Waals surface area contributed by atoms with Crippen molar-refractivity contribution in [2.45, 2.75) is 19.8 Å². The second kappa shape index (κ2) is 8.73. The van der Waals surface area contributed by atoms with E-state index < -0.39 is 0 Å². The van der Waals surface area contributed by atoms with Crippen molar-refractivity contribution in [3.05, 3.63) is 58.4 Å². The number of hydrogen-bond donors (Lipinski definition) is 2. The zero-order chi connectivity index (χ0) is 18.4. The van der Waals surface area contributed by atoms with Crippen LogP contribution in [0.1, 0.15) is 28.2 Å². The van der Waals surface area contributed by atoms with Crippen LogP contribution in [0.2, 0.25) is 0 Å². The number of nitrogens with zero attached hydrogens (tertiary/aromatic N) is 1. The number of carbonyl (C=O) groups is 2. The first kappa shape index (κ1) is 18.3. The summed E-state index contributed by atoms with van der Waals surface area (Å²) in [6.07, 6.45) is 0.920. The summed E-state index contributed by atoms with van der Waals surface area (Å²) in [7, 11) is 0. The van der Waals surface area contributed by atoms with Gasteiger partial charge in [-0.1, -0.05) is 47.7 Å². The van der Waals surface area contributed by atoms with E-state index >= 15 is 0 Å². The Morgan fingerprint density at radius 2 is 1.92 bits per heavy atom. The number of anilines is 1. The molecule has 0 radical (unpaired) electrons. The van der Waals surface area contributed by atoms with E-state index in [0.717, 1.165) is 16.1 Å². The monoisotopic (exact) mass is 385 g/mol. The Labute approximate surface area is 160 Å². The molecule has 3 aromatic rings. The van der Waals surface area contributed by atoms with E-state index in [9.17, 15) is 9.59 Å². The molecule has 0 saturated heterocycles. The molecule has 3 rings (SSSR count). The number of aromatic nitrogens is 1. The van der Waals surface area contributed by atoms with Crippen LogP contribution < -0.4 is 10.6 Å². The maximum Gasteiger partial charge on any atom is 0.261 e. The number of carbonyl (C=O) groups excluding carboxylic acids is 2. The molecule has 0 aliphatic carbocycles. The van der Waals surface area contributed by atoms with Crippen LogP contribution in [0, 0.1) is 6.92 Å². The van der Waals surface area contributed by atoms with Gasteiger partial charge in [0.25, 0.3) is 5.91 Å². The first-order chi connectivity index (χ1) is 12.6. The molecule has 7 heteroatoms. The van der Waals surface area contributed by atoms with Gasteiger partial charge in [-0.05, 0) is 30.4 Å². The molecule has 26 heavy (non-hydrogen) atoms. The van der Waals surface area contributed by atoms with E-state index in [1.54, 1.807) is 6.07 Å². The molecule has 0 aliphatic heterocycles. The molecule has 0 unspecified atom stereocenters. The van der Waals surface area contributed by atoms with Crippen LogP contribution in [-0.4, -0.2) is 23.3 Å². The molecule has 2 heterocycles. The summed E-state index contributed by atoms with van der Waals surface area (Å²) in [5.41, 5.74) is 2.00. The predicted molar refractivity (Wildman–Crippen MR) is 107 cm³/mol. The van der Waals surface area contributed by atoms with E-state index in [1.807, 2.05) is 48.7 Å². The van der Waals surface area contributed by atoms with Gasteiger partial charge in [-0.15, -0.1) is 11.3 Å². The van der Waals surface area contributed by atoms with E-state index in [0.29, 0.717) is 29.4 Å². The van der Waals surface area contributed by atoms with Crippen molar-refractivity contribution in [2.24, 2.45) is 0 Å². The highest BCUT2D eigenvalue weighted by molar-refractivity contribution is 7.19. The molecule has 0 saturated carbocycles. The Balaban J connectivity index is 1.46. The highest BCUT2D eigenvalue weighted by Gasteiger charge is 2.12. The van der Waals surface area contributed by atoms with Crippen LogP contribution in [0.4, 0.5) is 5.13 Å². The first-order valence-corrected chi connectivity index (χ1v) is 9.97. The van der Waals surface area contributed by atoms with E-state index in [2.05, 4.69) is 15.6 Å². The third-order valence-corrected chi connectivity index (χ3v) is 5.68. The number of thiazole rings is 1. The maximum absolute atomic E-state index is 12.1. The Morgan fingerprint density at radius 3 is 2.65 bits per heavy atom. The molecule has 0 aliphatic rings. The van der Waals surface area contributed by atoms with Crippen molar-refractivity contribution in [3.8, 4) is 10.4 Å². The van der Waals surface area contributed by atoms with Crippen molar-refractivity contribution >= 4 is 39.6 Å². The maximum atomic E-state index is 12.1. The van der Waals surface area contributed by atoms with Crippen LogP contribution in [0.3, 0.4) is 0 Å². The zero-order valence-corrected chi connectivity index (χ0v) is 16.0. The van der Waals surface area contributed by atoms with Gasteiger partial charge in [0.05, 0.1) is 15.4 Å². The fourth-order valence-corrected chi connectivity index (χ4v) is 4.06. The third kappa shape index (κ3) is 4.77. The van der Waals surface area contributed by atoms with Gasteiger partial charge in [0, 0.05) is 13.0 Å². The summed E-state index contributed by atoms with van der Waals surface area (Å²) in [6, 6.07) is 13.6. The number of hydrogen-bond acceptors (Lipinski definition) is 5. The minimum absolute atomic E-state index is 0.0938. The molecule has 1 aromatic carbocycles. The number of nitrogens with one attached hydrogen (secondary N) is 2. The lowest BCUT2D eigenvalue weighted by molar-refractivity contribution is -0.116. The Morgan fingerprint density at radius 1 is 1.12 bits per heavy atom. The normalized spacial score (nSPS) is 10.5. The highest BCUT2D eigenvalue weighted by atomic mass is 32.1. The third-order valence-electron chi connectivity index (χ3n) is 3.69. The molecule has 2 aromatic heterocycles. The van der Waals surface area contributed by atoms with Crippen LogP contribution in [0.5, 0.6) is 0 Å². The van der Waals surface area contributed by atoms with Gasteiger partial charge in [0.2, 0.25) is 5.91 Å². The minimum Gasteiger partial charge on any atom is -0.351 e. The van der Waals surface area contributed by atoms with Gasteiger partial charge >= 0.3 is 0 Å². The van der Waals surface area contributed by atoms with Crippen molar-refractivity contribution < 1.29 is 9.59 Å². The lowest BCUT2D eigenvalue weighted by Gasteiger charge is -2.04. The van der Waals surface area contributed by atoms with E-state index in [-0.39, 0.29) is 11.8 Å². The summed E-state index contributed by atoms with van der Waals surface area (Å²) < 4.78 is 0. The minimum atomic E-state index is -0.0940. The number of thiophene rings is 1. The molecule has 2 N–H and O–H groups in total. The molecule has 0 fully saturated rings. The Kier molecular flexibility index (Phi) is 6.14. The summed E-state index contributed by atoms with van der Waals surface area (Å²) in [4.78, 5) is 30.1. The van der Waals surface area contributed by atoms with Crippen LogP contribution in [-0.2, 0) is 4.79 Å². The molecular formula is C19H19N3O2S2. The fraction of sp³-hybridized carbons (Fsp3) is 0.211. The number of rotatable bonds is 7. The Bertz CT molecular complexity index is 874. The van der Waals surface area contributed by atoms with Gasteiger partial charge in [-0.25, -0.2) is 4.98 Å². The SMILES string of the molecule is Cc1nc(NC(=O)CCCNC(=O)c2cccs2)sc1-c1ccccc1. The molecule has 2 amide bonds. The van der Waals surface area contributed by atoms with Crippen molar-refractivity contribution in [1.82, 2.24) is 10.3 Å². The molecule has 0 bridgehead atoms. The summed E-state index contributed by atoms with van der Waals surface area (Å²) >= 11 is 2.87. The van der Waals surface area contributed by atoms with Crippen LogP contribution in [0.25, 0.3) is 10.4 Å². The van der Waals surface area contributed by atoms with Crippen molar-refractivity contribution in [1.29, 1.82) is 0 Å². The molecule has 5 nitrogen and oxygen atoms in total. The molecule has 0 atom stereocenters. The summed E-state index contributed by atoms with van der Waals surface area (Å²) in [5, 5.41) is 8.13. The molecule has 134 valence electrons. The fourth-order valence-electron chi connectivity index (χ4n) is 2.43. The average molecular weight is 386 g/mol. The zero-order valence-electron chi connectivity index (χ0n) is 14.3. The quantitative estimate of drug-likeness (QED) is 0.595. The lowest BCUT2D eigenvalue weighted by Crippen LogP contribution is -2.24. The average Bonchev–Trinajstić information content (AvgIpc) is 3.29. The van der Waals surface area contributed by atoms with Crippen molar-refractivity contribution in [2.75, 3.05) is 11.9 Å². The second-order valence-corrected chi connectivity index (χ2v) is 7.63. The van der Waals surface area contributed by atoms with E-state index in [4.69, 9.17) is 0 Å². The number of amides is 2. The van der Waals surface area contributed by atoms with Gasteiger partial charge in [0.15, 0.2) is 5.13 Å². The van der Waals surface area contributed by atoms with Crippen LogP contribution in [0.15, 0.2) is 47.8 Å². The van der Waals surface area contributed by atoms with Crippen molar-refractivity contribution in [3.63, 3.8) is 0 Å². The standard InChI is InChI=1S/C19H19N3O2S2/c1-13-17(14-7-3-2-4-8-14)26-19(21-13)22-16(23)10-5-11-20-18(24)15-9-6-12-25-15/h2-4,6-9,12H,5,10-11H2,1H3,(H,20,24)(H,21,22,23). The summed E-state index contributed by atoms with van der Waals surface area (Å²) in [5.74, 6) is -0.188. The summed E-state index contributed by atoms with van der Waals surface area (Å²) in [6.45, 7) is 2.41. The number of benzene rings is 1.